The van der Waals surface area contributed by atoms with E-state index in [2.05, 4.69) is 10.9 Å². The molecule has 0 spiro atoms. The van der Waals surface area contributed by atoms with Crippen LogP contribution in [0.3, 0.4) is 0 Å². The second kappa shape index (κ2) is 11.1. The second-order valence-corrected chi connectivity index (χ2v) is 7.40. The van der Waals surface area contributed by atoms with Crippen LogP contribution in [-0.2, 0) is 9.53 Å². The maximum atomic E-state index is 12.1. The van der Waals surface area contributed by atoms with E-state index in [0.717, 1.165) is 6.07 Å². The summed E-state index contributed by atoms with van der Waals surface area (Å²) in [7, 11) is 0. The molecule has 1 heterocycles. The van der Waals surface area contributed by atoms with Crippen LogP contribution in [-0.4, -0.2) is 72.0 Å². The first-order chi connectivity index (χ1) is 14.3. The van der Waals surface area contributed by atoms with Gasteiger partial charge in [0.25, 0.3) is 17.5 Å². The van der Waals surface area contributed by atoms with Crippen LogP contribution < -0.4 is 10.9 Å². The number of nitrogens with one attached hydrogen (secondary N) is 2. The third-order valence-corrected chi connectivity index (χ3v) is 4.39. The Bertz CT molecular complexity index is 784. The third kappa shape index (κ3) is 7.32. The van der Waals surface area contributed by atoms with Gasteiger partial charge in [0.2, 0.25) is 0 Å². The molecule has 1 aromatic rings. The Morgan fingerprint density at radius 3 is 2.63 bits per heavy atom. The topological polar surface area (TPSA) is 134 Å². The Morgan fingerprint density at radius 1 is 1.17 bits per heavy atom. The van der Waals surface area contributed by atoms with E-state index in [4.69, 9.17) is 4.74 Å². The molecule has 164 valence electrons. The van der Waals surface area contributed by atoms with Crippen molar-refractivity contribution in [2.75, 3.05) is 39.3 Å². The molecule has 30 heavy (non-hydrogen) atoms. The average Bonchev–Trinajstić information content (AvgIpc) is 2.95. The molecule has 1 aliphatic heterocycles. The van der Waals surface area contributed by atoms with Crippen molar-refractivity contribution in [1.82, 2.24) is 20.7 Å². The van der Waals surface area contributed by atoms with Crippen molar-refractivity contribution in [3.05, 3.63) is 39.9 Å². The molecule has 0 atom stereocenters. The molecule has 1 aromatic carbocycles. The normalized spacial score (nSPS) is 14.7. The molecule has 11 heteroatoms. The minimum atomic E-state index is -0.651. The lowest BCUT2D eigenvalue weighted by atomic mass is 10.2. The summed E-state index contributed by atoms with van der Waals surface area (Å²) in [6, 6.07) is 5.21. The lowest BCUT2D eigenvalue weighted by Crippen LogP contribution is -2.47. The summed E-state index contributed by atoms with van der Waals surface area (Å²) in [4.78, 5) is 50.0. The fraction of sp³-hybridized carbons (Fsp3) is 0.526. The largest absolute Gasteiger partial charge is 0.449 e. The number of nitrogens with zero attached hydrogens (tertiary/aromatic N) is 3. The number of carbonyl (C=O) groups excluding carboxylic acids is 3. The Balaban J connectivity index is 1.77. The number of ether oxygens (including phenoxy) is 1. The first-order valence-corrected chi connectivity index (χ1v) is 9.74. The first kappa shape index (κ1) is 23.1. The van der Waals surface area contributed by atoms with E-state index in [1.165, 1.54) is 18.2 Å². The molecule has 0 radical (unpaired) electrons. The predicted molar refractivity (Wildman–Crippen MR) is 108 cm³/mol. The van der Waals surface area contributed by atoms with E-state index < -0.39 is 16.7 Å². The van der Waals surface area contributed by atoms with Gasteiger partial charge in [0.1, 0.15) is 0 Å². The quantitative estimate of drug-likeness (QED) is 0.520. The van der Waals surface area contributed by atoms with Crippen molar-refractivity contribution in [1.29, 1.82) is 0 Å². The van der Waals surface area contributed by atoms with Crippen LogP contribution in [0.15, 0.2) is 24.3 Å². The number of non-ortho nitro benzene ring substituents is 1. The highest BCUT2D eigenvalue weighted by atomic mass is 16.6. The fourth-order valence-electron chi connectivity index (χ4n) is 2.84. The molecular weight excluding hydrogens is 394 g/mol. The van der Waals surface area contributed by atoms with Gasteiger partial charge in [-0.15, -0.1) is 0 Å². The van der Waals surface area contributed by atoms with Crippen LogP contribution in [0.5, 0.6) is 0 Å². The number of hydrogen-bond acceptors (Lipinski definition) is 7. The number of hydrazine groups is 1. The summed E-state index contributed by atoms with van der Waals surface area (Å²) >= 11 is 0. The zero-order valence-corrected chi connectivity index (χ0v) is 17.1. The Labute approximate surface area is 174 Å². The van der Waals surface area contributed by atoms with Crippen molar-refractivity contribution in [3.8, 4) is 0 Å². The molecule has 1 aliphatic rings. The molecule has 11 nitrogen and oxygen atoms in total. The van der Waals surface area contributed by atoms with Crippen molar-refractivity contribution in [2.24, 2.45) is 5.92 Å². The third-order valence-electron chi connectivity index (χ3n) is 4.39. The molecule has 0 saturated carbocycles. The number of benzene rings is 1. The highest BCUT2D eigenvalue weighted by Gasteiger charge is 2.22. The van der Waals surface area contributed by atoms with E-state index in [1.807, 2.05) is 18.7 Å². The Morgan fingerprint density at radius 2 is 1.93 bits per heavy atom. The smallest absolute Gasteiger partial charge is 0.409 e. The van der Waals surface area contributed by atoms with Crippen LogP contribution in [0.4, 0.5) is 10.5 Å². The number of rotatable bonds is 6. The molecule has 2 rings (SSSR count). The van der Waals surface area contributed by atoms with Crippen LogP contribution in [0.25, 0.3) is 0 Å². The summed E-state index contributed by atoms with van der Waals surface area (Å²) < 4.78 is 5.24. The lowest BCUT2D eigenvalue weighted by molar-refractivity contribution is -0.384. The molecule has 2 N–H and O–H groups in total. The first-order valence-electron chi connectivity index (χ1n) is 9.74. The van der Waals surface area contributed by atoms with E-state index in [1.54, 1.807) is 4.90 Å². The van der Waals surface area contributed by atoms with Crippen LogP contribution in [0.1, 0.15) is 30.6 Å². The van der Waals surface area contributed by atoms with E-state index in [-0.39, 0.29) is 29.8 Å². The molecule has 0 aromatic heterocycles. The molecular formula is C19H27N5O6. The van der Waals surface area contributed by atoms with Gasteiger partial charge in [0.05, 0.1) is 18.1 Å². The van der Waals surface area contributed by atoms with E-state index in [0.29, 0.717) is 39.2 Å². The minimum Gasteiger partial charge on any atom is -0.449 e. The molecule has 0 aliphatic carbocycles. The highest BCUT2D eigenvalue weighted by Crippen LogP contribution is 2.12. The van der Waals surface area contributed by atoms with Gasteiger partial charge < -0.3 is 9.64 Å². The predicted octanol–water partition coefficient (Wildman–Crippen LogP) is 1.16. The van der Waals surface area contributed by atoms with Gasteiger partial charge >= 0.3 is 6.09 Å². The average molecular weight is 421 g/mol. The zero-order chi connectivity index (χ0) is 22.1. The SMILES string of the molecule is CC(C)COC(=O)N1CCCN(CC(=O)NNC(=O)c2cccc([N+](=O)[O-])c2)CC1. The zero-order valence-electron chi connectivity index (χ0n) is 17.1. The van der Waals surface area contributed by atoms with Crippen molar-refractivity contribution in [2.45, 2.75) is 20.3 Å². The highest BCUT2D eigenvalue weighted by molar-refractivity contribution is 5.96. The van der Waals surface area contributed by atoms with Crippen molar-refractivity contribution in [3.63, 3.8) is 0 Å². The van der Waals surface area contributed by atoms with Crippen molar-refractivity contribution >= 4 is 23.6 Å². The second-order valence-electron chi connectivity index (χ2n) is 7.40. The maximum absolute atomic E-state index is 12.1. The van der Waals surface area contributed by atoms with Crippen LogP contribution in [0.2, 0.25) is 0 Å². The van der Waals surface area contributed by atoms with Gasteiger partial charge in [0, 0.05) is 43.9 Å². The van der Waals surface area contributed by atoms with Crippen molar-refractivity contribution < 1.29 is 24.0 Å². The molecule has 0 unspecified atom stereocenters. The maximum Gasteiger partial charge on any atom is 0.409 e. The summed E-state index contributed by atoms with van der Waals surface area (Å²) in [5.74, 6) is -0.815. The number of carbonyl (C=O) groups is 3. The monoisotopic (exact) mass is 421 g/mol. The lowest BCUT2D eigenvalue weighted by Gasteiger charge is -2.21. The molecule has 0 bridgehead atoms. The standard InChI is InChI=1S/C19H27N5O6/c1-14(2)13-30-19(27)23-8-4-7-22(9-10-23)12-17(25)20-21-18(26)15-5-3-6-16(11-15)24(28)29/h3,5-6,11,14H,4,7-10,12-13H2,1-2H3,(H,20,25)(H,21,26). The van der Waals surface area contributed by atoms with Crippen LogP contribution >= 0.6 is 0 Å². The molecule has 3 amide bonds. The van der Waals surface area contributed by atoms with Crippen LogP contribution in [0, 0.1) is 16.0 Å². The molecule has 1 fully saturated rings. The van der Waals surface area contributed by atoms with E-state index in [9.17, 15) is 24.5 Å². The van der Waals surface area contributed by atoms with Gasteiger partial charge in [-0.05, 0) is 18.4 Å². The number of nitro groups is 1. The summed E-state index contributed by atoms with van der Waals surface area (Å²) in [5, 5.41) is 10.8. The van der Waals surface area contributed by atoms with Gasteiger partial charge in [-0.25, -0.2) is 4.79 Å². The van der Waals surface area contributed by atoms with Gasteiger partial charge in [-0.3, -0.25) is 35.5 Å². The summed E-state index contributed by atoms with van der Waals surface area (Å²) in [6.45, 7) is 6.48. The number of amides is 3. The summed E-state index contributed by atoms with van der Waals surface area (Å²) in [5.41, 5.74) is 4.41. The van der Waals surface area contributed by atoms with Gasteiger partial charge in [0.15, 0.2) is 0 Å². The van der Waals surface area contributed by atoms with E-state index >= 15 is 0 Å². The summed E-state index contributed by atoms with van der Waals surface area (Å²) in [6.07, 6.45) is 0.351. The van der Waals surface area contributed by atoms with Gasteiger partial charge in [-0.1, -0.05) is 19.9 Å². The van der Waals surface area contributed by atoms with Gasteiger partial charge in [-0.2, -0.15) is 0 Å². The Kier molecular flexibility index (Phi) is 8.54. The fourth-order valence-corrected chi connectivity index (χ4v) is 2.84. The molecule has 1 saturated heterocycles. The number of nitro benzene ring substituents is 1. The Hall–Kier alpha value is -3.21. The minimum absolute atomic E-state index is 0.0457. The number of hydrogen-bond donors (Lipinski definition) is 2.